The molecule has 0 radical (unpaired) electrons. The van der Waals surface area contributed by atoms with Gasteiger partial charge in [0.1, 0.15) is 12.1 Å². The van der Waals surface area contributed by atoms with Gasteiger partial charge in [-0.1, -0.05) is 0 Å². The molecule has 2 aromatic rings. The van der Waals surface area contributed by atoms with Crippen LogP contribution >= 0.6 is 22.6 Å². The van der Waals surface area contributed by atoms with Gasteiger partial charge < -0.3 is 4.74 Å². The Bertz CT molecular complexity index is 656. The summed E-state index contributed by atoms with van der Waals surface area (Å²) in [4.78, 5) is 8.10. The zero-order chi connectivity index (χ0) is 13.2. The second kappa shape index (κ2) is 5.19. The van der Waals surface area contributed by atoms with E-state index in [0.29, 0.717) is 11.6 Å². The van der Waals surface area contributed by atoms with Crippen molar-refractivity contribution in [1.82, 2.24) is 9.97 Å². The summed E-state index contributed by atoms with van der Waals surface area (Å²) < 4.78 is 28.9. The molecule has 0 amide bonds. The lowest BCUT2D eigenvalue weighted by Crippen LogP contribution is -1.97. The van der Waals surface area contributed by atoms with Gasteiger partial charge in [-0.2, -0.15) is 0 Å². The number of halogens is 1. The van der Waals surface area contributed by atoms with Gasteiger partial charge in [0.05, 0.1) is 8.47 Å². The normalized spacial score (nSPS) is 11.2. The molecule has 0 saturated heterocycles. The first-order valence-electron chi connectivity index (χ1n) is 4.90. The molecule has 0 bridgehead atoms. The Balaban J connectivity index is 2.24. The predicted octanol–water partition coefficient (Wildman–Crippen LogP) is 2.28. The molecule has 0 unspecified atom stereocenters. The lowest BCUT2D eigenvalue weighted by Gasteiger charge is -2.06. The highest BCUT2D eigenvalue weighted by atomic mass is 127. The summed E-state index contributed by atoms with van der Waals surface area (Å²) in [6.45, 7) is 0. The number of ether oxygens (including phenoxy) is 1. The van der Waals surface area contributed by atoms with Crippen molar-refractivity contribution in [2.75, 3.05) is 6.26 Å². The summed E-state index contributed by atoms with van der Waals surface area (Å²) in [6.07, 6.45) is 4.19. The third kappa shape index (κ3) is 3.16. The van der Waals surface area contributed by atoms with Crippen LogP contribution in [0.25, 0.3) is 0 Å². The molecule has 0 aliphatic heterocycles. The molecule has 0 saturated carbocycles. The Hall–Kier alpha value is -1.22. The van der Waals surface area contributed by atoms with Crippen LogP contribution in [0.5, 0.6) is 11.6 Å². The lowest BCUT2D eigenvalue weighted by molar-refractivity contribution is 0.457. The van der Waals surface area contributed by atoms with E-state index >= 15 is 0 Å². The molecule has 18 heavy (non-hydrogen) atoms. The monoisotopic (exact) mass is 376 g/mol. The zero-order valence-corrected chi connectivity index (χ0v) is 12.3. The highest BCUT2D eigenvalue weighted by molar-refractivity contribution is 14.1. The van der Waals surface area contributed by atoms with Crippen molar-refractivity contribution in [2.24, 2.45) is 0 Å². The predicted molar refractivity (Wildman–Crippen MR) is 74.4 cm³/mol. The van der Waals surface area contributed by atoms with E-state index in [4.69, 9.17) is 4.74 Å². The molecular weight excluding hydrogens is 367 g/mol. The van der Waals surface area contributed by atoms with Crippen molar-refractivity contribution in [3.63, 3.8) is 0 Å². The molecule has 7 heteroatoms. The van der Waals surface area contributed by atoms with Gasteiger partial charge in [-0.15, -0.1) is 0 Å². The summed E-state index contributed by atoms with van der Waals surface area (Å²) in [7, 11) is -3.18. The van der Waals surface area contributed by atoms with Crippen LogP contribution in [-0.2, 0) is 9.84 Å². The van der Waals surface area contributed by atoms with Crippen molar-refractivity contribution < 1.29 is 13.2 Å². The number of sulfone groups is 1. The second-order valence-electron chi connectivity index (χ2n) is 3.52. The molecule has 1 heterocycles. The molecule has 2 rings (SSSR count). The van der Waals surface area contributed by atoms with Crippen LogP contribution in [0, 0.1) is 3.57 Å². The van der Waals surface area contributed by atoms with E-state index in [1.165, 1.54) is 18.5 Å². The Morgan fingerprint density at radius 2 is 1.89 bits per heavy atom. The summed E-state index contributed by atoms with van der Waals surface area (Å²) in [5.74, 6) is 0.969. The van der Waals surface area contributed by atoms with Gasteiger partial charge in [0.2, 0.25) is 5.88 Å². The SMILES string of the molecule is CS(=O)(=O)c1ccc(Oc2ncncc2I)cc1. The Kier molecular flexibility index (Phi) is 3.81. The molecule has 0 atom stereocenters. The summed E-state index contributed by atoms with van der Waals surface area (Å²) >= 11 is 2.06. The first kappa shape index (κ1) is 13.2. The number of benzene rings is 1. The maximum Gasteiger partial charge on any atom is 0.235 e. The molecule has 0 spiro atoms. The first-order chi connectivity index (χ1) is 8.47. The van der Waals surface area contributed by atoms with Gasteiger partial charge in [0, 0.05) is 12.5 Å². The zero-order valence-electron chi connectivity index (χ0n) is 9.37. The van der Waals surface area contributed by atoms with Gasteiger partial charge in [0.25, 0.3) is 0 Å². The van der Waals surface area contributed by atoms with E-state index in [0.717, 1.165) is 9.83 Å². The third-order valence-electron chi connectivity index (χ3n) is 2.10. The Morgan fingerprint density at radius 1 is 1.22 bits per heavy atom. The van der Waals surface area contributed by atoms with Crippen LogP contribution in [0.1, 0.15) is 0 Å². The third-order valence-corrected chi connectivity index (χ3v) is 3.97. The van der Waals surface area contributed by atoms with Crippen LogP contribution in [0.15, 0.2) is 41.7 Å². The fourth-order valence-electron chi connectivity index (χ4n) is 1.24. The minimum atomic E-state index is -3.18. The topological polar surface area (TPSA) is 69.2 Å². The molecule has 94 valence electrons. The summed E-state index contributed by atoms with van der Waals surface area (Å²) in [6, 6.07) is 6.18. The molecule has 1 aromatic heterocycles. The molecule has 0 fully saturated rings. The van der Waals surface area contributed by atoms with Crippen molar-refractivity contribution in [3.05, 3.63) is 40.4 Å². The molecule has 1 aromatic carbocycles. The van der Waals surface area contributed by atoms with Crippen LogP contribution in [-0.4, -0.2) is 24.6 Å². The average molecular weight is 376 g/mol. The van der Waals surface area contributed by atoms with Gasteiger partial charge in [-0.3, -0.25) is 0 Å². The number of nitrogens with zero attached hydrogens (tertiary/aromatic N) is 2. The molecule has 0 aliphatic rings. The number of hydrogen-bond acceptors (Lipinski definition) is 5. The highest BCUT2D eigenvalue weighted by Crippen LogP contribution is 2.24. The quantitative estimate of drug-likeness (QED) is 0.769. The summed E-state index contributed by atoms with van der Waals surface area (Å²) in [5, 5.41) is 0. The fraction of sp³-hybridized carbons (Fsp3) is 0.0909. The van der Waals surface area contributed by atoms with E-state index in [-0.39, 0.29) is 4.90 Å². The van der Waals surface area contributed by atoms with Crippen molar-refractivity contribution in [1.29, 1.82) is 0 Å². The Morgan fingerprint density at radius 3 is 2.44 bits per heavy atom. The lowest BCUT2D eigenvalue weighted by atomic mass is 10.3. The molecule has 5 nitrogen and oxygen atoms in total. The highest BCUT2D eigenvalue weighted by Gasteiger charge is 2.08. The molecular formula is C11H9IN2O3S. The largest absolute Gasteiger partial charge is 0.438 e. The number of rotatable bonds is 3. The van der Waals surface area contributed by atoms with E-state index in [1.54, 1.807) is 18.3 Å². The summed E-state index contributed by atoms with van der Waals surface area (Å²) in [5.41, 5.74) is 0. The molecule has 0 aliphatic carbocycles. The maximum absolute atomic E-state index is 11.3. The van der Waals surface area contributed by atoms with Crippen LogP contribution < -0.4 is 4.74 Å². The van der Waals surface area contributed by atoms with Gasteiger partial charge in [-0.05, 0) is 46.9 Å². The number of aromatic nitrogens is 2. The van der Waals surface area contributed by atoms with Crippen molar-refractivity contribution >= 4 is 32.4 Å². The average Bonchev–Trinajstić information content (AvgIpc) is 2.32. The van der Waals surface area contributed by atoms with Crippen LogP contribution in [0.3, 0.4) is 0 Å². The van der Waals surface area contributed by atoms with E-state index < -0.39 is 9.84 Å². The van der Waals surface area contributed by atoms with Gasteiger partial charge in [0.15, 0.2) is 9.84 Å². The second-order valence-corrected chi connectivity index (χ2v) is 6.70. The van der Waals surface area contributed by atoms with Crippen LogP contribution in [0.2, 0.25) is 0 Å². The smallest absolute Gasteiger partial charge is 0.235 e. The first-order valence-corrected chi connectivity index (χ1v) is 7.87. The van der Waals surface area contributed by atoms with E-state index in [9.17, 15) is 8.42 Å². The Labute approximate surface area is 118 Å². The van der Waals surface area contributed by atoms with Crippen LogP contribution in [0.4, 0.5) is 0 Å². The van der Waals surface area contributed by atoms with Gasteiger partial charge >= 0.3 is 0 Å². The standard InChI is InChI=1S/C11H9IN2O3S/c1-18(15,16)9-4-2-8(3-5-9)17-11-10(12)6-13-7-14-11/h2-7H,1H3. The van der Waals surface area contributed by atoms with E-state index in [2.05, 4.69) is 32.6 Å². The number of hydrogen-bond donors (Lipinski definition) is 0. The molecule has 0 N–H and O–H groups in total. The van der Waals surface area contributed by atoms with Crippen molar-refractivity contribution in [2.45, 2.75) is 4.90 Å². The fourth-order valence-corrected chi connectivity index (χ4v) is 2.28. The maximum atomic E-state index is 11.3. The minimum Gasteiger partial charge on any atom is -0.438 e. The van der Waals surface area contributed by atoms with E-state index in [1.807, 2.05) is 0 Å². The van der Waals surface area contributed by atoms with Crippen molar-refractivity contribution in [3.8, 4) is 11.6 Å². The minimum absolute atomic E-state index is 0.257. The van der Waals surface area contributed by atoms with Gasteiger partial charge in [-0.25, -0.2) is 18.4 Å².